The van der Waals surface area contributed by atoms with Gasteiger partial charge in [-0.25, -0.2) is 0 Å². The second-order valence-corrected chi connectivity index (χ2v) is 5.08. The maximum absolute atomic E-state index is 5.42. The standard InChI is InChI=1S/C13H19N3O/c1-9-3-12(13(17-2)6-15-9)16-7-10-4-14-5-11(10)8-16/h3,6,10-11,14H,4-5,7-8H2,1-2H3/t10-,11+. The first-order chi connectivity index (χ1) is 8.28. The average molecular weight is 233 g/mol. The molecule has 0 bridgehead atoms. The van der Waals surface area contributed by atoms with Gasteiger partial charge in [-0.1, -0.05) is 0 Å². The Balaban J connectivity index is 1.87. The Labute approximate surface area is 102 Å². The Morgan fingerprint density at radius 1 is 1.35 bits per heavy atom. The lowest BCUT2D eigenvalue weighted by atomic mass is 10.0. The molecule has 3 heterocycles. The fourth-order valence-electron chi connectivity index (χ4n) is 2.99. The zero-order chi connectivity index (χ0) is 11.8. The molecule has 3 rings (SSSR count). The van der Waals surface area contributed by atoms with Gasteiger partial charge in [0.15, 0.2) is 5.75 Å². The number of pyridine rings is 1. The Bertz CT molecular complexity index is 409. The Hall–Kier alpha value is -1.29. The first-order valence-electron chi connectivity index (χ1n) is 6.24. The van der Waals surface area contributed by atoms with Crippen molar-refractivity contribution in [3.8, 4) is 5.75 Å². The normalized spacial score (nSPS) is 27.3. The fourth-order valence-corrected chi connectivity index (χ4v) is 2.99. The molecule has 2 saturated heterocycles. The van der Waals surface area contributed by atoms with Gasteiger partial charge in [0.05, 0.1) is 19.0 Å². The number of rotatable bonds is 2. The second-order valence-electron chi connectivity index (χ2n) is 5.08. The molecule has 1 N–H and O–H groups in total. The van der Waals surface area contributed by atoms with Crippen LogP contribution in [-0.2, 0) is 0 Å². The third kappa shape index (κ3) is 1.86. The van der Waals surface area contributed by atoms with E-state index in [0.717, 1.165) is 49.5 Å². The molecule has 17 heavy (non-hydrogen) atoms. The number of ether oxygens (including phenoxy) is 1. The van der Waals surface area contributed by atoms with Gasteiger partial charge in [-0.15, -0.1) is 0 Å². The number of aryl methyl sites for hydroxylation is 1. The molecule has 0 amide bonds. The van der Waals surface area contributed by atoms with Crippen molar-refractivity contribution in [2.45, 2.75) is 6.92 Å². The Kier molecular flexibility index (Phi) is 2.67. The van der Waals surface area contributed by atoms with E-state index in [0.29, 0.717) is 0 Å². The minimum atomic E-state index is 0.799. The van der Waals surface area contributed by atoms with Gasteiger partial charge in [0.1, 0.15) is 0 Å². The van der Waals surface area contributed by atoms with Crippen LogP contribution in [0.15, 0.2) is 12.3 Å². The first kappa shape index (κ1) is 10.8. The van der Waals surface area contributed by atoms with E-state index >= 15 is 0 Å². The highest BCUT2D eigenvalue weighted by Gasteiger charge is 2.36. The van der Waals surface area contributed by atoms with Crippen LogP contribution in [0.4, 0.5) is 5.69 Å². The van der Waals surface area contributed by atoms with Crippen molar-refractivity contribution in [1.82, 2.24) is 10.3 Å². The molecule has 2 aliphatic rings. The highest BCUT2D eigenvalue weighted by Crippen LogP contribution is 2.35. The number of anilines is 1. The zero-order valence-corrected chi connectivity index (χ0v) is 10.4. The molecule has 0 saturated carbocycles. The van der Waals surface area contributed by atoms with Crippen molar-refractivity contribution >= 4 is 5.69 Å². The van der Waals surface area contributed by atoms with Crippen molar-refractivity contribution in [3.05, 3.63) is 18.0 Å². The molecule has 1 aromatic rings. The van der Waals surface area contributed by atoms with E-state index in [2.05, 4.69) is 21.3 Å². The Morgan fingerprint density at radius 2 is 2.06 bits per heavy atom. The molecule has 0 unspecified atom stereocenters. The van der Waals surface area contributed by atoms with E-state index in [-0.39, 0.29) is 0 Å². The van der Waals surface area contributed by atoms with Crippen molar-refractivity contribution in [1.29, 1.82) is 0 Å². The summed E-state index contributed by atoms with van der Waals surface area (Å²) >= 11 is 0. The minimum Gasteiger partial charge on any atom is -0.493 e. The zero-order valence-electron chi connectivity index (χ0n) is 10.4. The summed E-state index contributed by atoms with van der Waals surface area (Å²) in [7, 11) is 1.72. The SMILES string of the molecule is COc1cnc(C)cc1N1C[C@H]2CNC[C@H]2C1. The summed E-state index contributed by atoms with van der Waals surface area (Å²) < 4.78 is 5.42. The summed E-state index contributed by atoms with van der Waals surface area (Å²) in [4.78, 5) is 6.74. The molecule has 1 aromatic heterocycles. The van der Waals surface area contributed by atoms with Crippen LogP contribution >= 0.6 is 0 Å². The molecule has 0 aromatic carbocycles. The van der Waals surface area contributed by atoms with Gasteiger partial charge < -0.3 is 15.0 Å². The predicted molar refractivity (Wildman–Crippen MR) is 67.6 cm³/mol. The van der Waals surface area contributed by atoms with Gasteiger partial charge in [0.25, 0.3) is 0 Å². The molecule has 0 aliphatic carbocycles. The quantitative estimate of drug-likeness (QED) is 0.828. The summed E-state index contributed by atoms with van der Waals surface area (Å²) in [5.41, 5.74) is 2.25. The monoisotopic (exact) mass is 233 g/mol. The van der Waals surface area contributed by atoms with Gasteiger partial charge in [0.2, 0.25) is 0 Å². The van der Waals surface area contributed by atoms with Gasteiger partial charge in [0, 0.05) is 31.9 Å². The van der Waals surface area contributed by atoms with Crippen molar-refractivity contribution in [2.75, 3.05) is 38.2 Å². The van der Waals surface area contributed by atoms with E-state index < -0.39 is 0 Å². The smallest absolute Gasteiger partial charge is 0.160 e. The molecule has 92 valence electrons. The van der Waals surface area contributed by atoms with Crippen LogP contribution in [0, 0.1) is 18.8 Å². The lowest BCUT2D eigenvalue weighted by Gasteiger charge is -2.22. The molecule has 4 heteroatoms. The number of hydrogen-bond donors (Lipinski definition) is 1. The van der Waals surface area contributed by atoms with Crippen molar-refractivity contribution in [3.63, 3.8) is 0 Å². The Morgan fingerprint density at radius 3 is 2.71 bits per heavy atom. The number of methoxy groups -OCH3 is 1. The summed E-state index contributed by atoms with van der Waals surface area (Å²) in [6, 6.07) is 2.13. The van der Waals surface area contributed by atoms with E-state index in [1.165, 1.54) is 5.69 Å². The van der Waals surface area contributed by atoms with Crippen molar-refractivity contribution < 1.29 is 4.74 Å². The van der Waals surface area contributed by atoms with Gasteiger partial charge >= 0.3 is 0 Å². The van der Waals surface area contributed by atoms with E-state index in [9.17, 15) is 0 Å². The van der Waals surface area contributed by atoms with Crippen LogP contribution in [0.1, 0.15) is 5.69 Å². The van der Waals surface area contributed by atoms with Crippen LogP contribution in [0.2, 0.25) is 0 Å². The van der Waals surface area contributed by atoms with Crippen LogP contribution < -0.4 is 15.0 Å². The van der Waals surface area contributed by atoms with Gasteiger partial charge in [-0.3, -0.25) is 4.98 Å². The fraction of sp³-hybridized carbons (Fsp3) is 0.615. The maximum Gasteiger partial charge on any atom is 0.160 e. The highest BCUT2D eigenvalue weighted by molar-refractivity contribution is 5.59. The minimum absolute atomic E-state index is 0.799. The van der Waals surface area contributed by atoms with Crippen LogP contribution in [0.3, 0.4) is 0 Å². The van der Waals surface area contributed by atoms with Crippen LogP contribution in [-0.4, -0.2) is 38.3 Å². The molecular formula is C13H19N3O. The topological polar surface area (TPSA) is 37.4 Å². The average Bonchev–Trinajstić information content (AvgIpc) is 2.88. The van der Waals surface area contributed by atoms with E-state index in [1.54, 1.807) is 7.11 Å². The molecule has 2 atom stereocenters. The van der Waals surface area contributed by atoms with Gasteiger partial charge in [-0.2, -0.15) is 0 Å². The summed E-state index contributed by atoms with van der Waals surface area (Å²) in [6.45, 7) is 6.62. The number of aromatic nitrogens is 1. The number of fused-ring (bicyclic) bond motifs is 1. The summed E-state index contributed by atoms with van der Waals surface area (Å²) in [5, 5.41) is 3.47. The largest absolute Gasteiger partial charge is 0.493 e. The molecular weight excluding hydrogens is 214 g/mol. The molecule has 0 radical (unpaired) electrons. The molecule has 2 fully saturated rings. The lowest BCUT2D eigenvalue weighted by Crippen LogP contribution is -2.25. The number of nitrogens with zero attached hydrogens (tertiary/aromatic N) is 2. The van der Waals surface area contributed by atoms with Crippen LogP contribution in [0.25, 0.3) is 0 Å². The molecule has 4 nitrogen and oxygen atoms in total. The van der Waals surface area contributed by atoms with Crippen LogP contribution in [0.5, 0.6) is 5.75 Å². The first-order valence-corrected chi connectivity index (χ1v) is 6.24. The lowest BCUT2D eigenvalue weighted by molar-refractivity contribution is 0.412. The molecule has 0 spiro atoms. The number of hydrogen-bond acceptors (Lipinski definition) is 4. The number of nitrogens with one attached hydrogen (secondary N) is 1. The third-order valence-electron chi connectivity index (χ3n) is 3.93. The summed E-state index contributed by atoms with van der Waals surface area (Å²) in [5.74, 6) is 2.49. The van der Waals surface area contributed by atoms with Gasteiger partial charge in [-0.05, 0) is 24.8 Å². The predicted octanol–water partition coefficient (Wildman–Crippen LogP) is 1.05. The second kappa shape index (κ2) is 4.18. The molecule has 2 aliphatic heterocycles. The van der Waals surface area contributed by atoms with E-state index in [4.69, 9.17) is 4.74 Å². The van der Waals surface area contributed by atoms with Crippen molar-refractivity contribution in [2.24, 2.45) is 11.8 Å². The maximum atomic E-state index is 5.42. The summed E-state index contributed by atoms with van der Waals surface area (Å²) in [6.07, 6.45) is 1.83. The third-order valence-corrected chi connectivity index (χ3v) is 3.93. The van der Waals surface area contributed by atoms with E-state index in [1.807, 2.05) is 13.1 Å². The highest BCUT2D eigenvalue weighted by atomic mass is 16.5.